The van der Waals surface area contributed by atoms with Gasteiger partial charge in [-0.1, -0.05) is 36.4 Å². The first-order chi connectivity index (χ1) is 12.6. The predicted octanol–water partition coefficient (Wildman–Crippen LogP) is 3.72. The van der Waals surface area contributed by atoms with Crippen LogP contribution < -0.4 is 15.4 Å². The maximum Gasteiger partial charge on any atom is 0.191 e. The van der Waals surface area contributed by atoms with Gasteiger partial charge in [0.15, 0.2) is 17.5 Å². The number of guanidine groups is 1. The Hall–Kier alpha value is -1.87. The summed E-state index contributed by atoms with van der Waals surface area (Å²) >= 11 is 0. The molecule has 0 saturated carbocycles. The molecular weight excluding hydrogens is 460 g/mol. The highest BCUT2D eigenvalue weighted by Crippen LogP contribution is 2.16. The van der Waals surface area contributed by atoms with Crippen LogP contribution in [0.5, 0.6) is 5.75 Å². The summed E-state index contributed by atoms with van der Waals surface area (Å²) in [5.41, 5.74) is 2.28. The van der Waals surface area contributed by atoms with Gasteiger partial charge >= 0.3 is 0 Å². The highest BCUT2D eigenvalue weighted by Gasteiger charge is 2.08. The summed E-state index contributed by atoms with van der Waals surface area (Å²) in [6.45, 7) is 3.63. The average molecular weight is 487 g/mol. The van der Waals surface area contributed by atoms with Gasteiger partial charge in [0.05, 0.1) is 13.2 Å². The van der Waals surface area contributed by atoms with Crippen molar-refractivity contribution in [2.24, 2.45) is 4.99 Å². The fraction of sp³-hybridized carbons (Fsp3) is 0.350. The van der Waals surface area contributed by atoms with E-state index < -0.39 is 0 Å². The second kappa shape index (κ2) is 12.5. The first-order valence-electron chi connectivity index (χ1n) is 8.55. The molecule has 0 fully saturated rings. The van der Waals surface area contributed by atoms with Crippen LogP contribution in [-0.2, 0) is 17.9 Å². The number of aliphatic imine (C=N–C) groups is 1. The Kier molecular flexibility index (Phi) is 10.7. The zero-order chi connectivity index (χ0) is 18.8. The van der Waals surface area contributed by atoms with Gasteiger partial charge in [0.25, 0.3) is 0 Å². The van der Waals surface area contributed by atoms with Gasteiger partial charge in [-0.05, 0) is 30.2 Å². The number of hydrogen-bond donors (Lipinski definition) is 2. The van der Waals surface area contributed by atoms with Crippen molar-refractivity contribution in [3.8, 4) is 5.75 Å². The Bertz CT molecular complexity index is 711. The van der Waals surface area contributed by atoms with Crippen LogP contribution in [0.1, 0.15) is 18.1 Å². The second-order valence-electron chi connectivity index (χ2n) is 5.92. The van der Waals surface area contributed by atoms with Crippen LogP contribution >= 0.6 is 24.0 Å². The van der Waals surface area contributed by atoms with Gasteiger partial charge in [0, 0.05) is 20.7 Å². The number of hydrogen-bond acceptors (Lipinski definition) is 3. The maximum absolute atomic E-state index is 13.6. The Morgan fingerprint density at radius 2 is 1.74 bits per heavy atom. The number of benzene rings is 2. The lowest BCUT2D eigenvalue weighted by molar-refractivity contribution is 0.185. The molecule has 2 N–H and O–H groups in total. The van der Waals surface area contributed by atoms with Crippen molar-refractivity contribution in [3.63, 3.8) is 0 Å². The lowest BCUT2D eigenvalue weighted by atomic mass is 10.1. The number of halogens is 2. The summed E-state index contributed by atoms with van der Waals surface area (Å²) in [7, 11) is 3.39. The fourth-order valence-electron chi connectivity index (χ4n) is 2.37. The molecule has 1 atom stereocenters. The van der Waals surface area contributed by atoms with Crippen molar-refractivity contribution in [2.75, 3.05) is 20.7 Å². The molecule has 0 heterocycles. The molecule has 27 heavy (non-hydrogen) atoms. The van der Waals surface area contributed by atoms with Crippen molar-refractivity contribution < 1.29 is 13.9 Å². The first-order valence-corrected chi connectivity index (χ1v) is 8.55. The molecule has 2 rings (SSSR count). The van der Waals surface area contributed by atoms with Crippen LogP contribution in [0.25, 0.3) is 0 Å². The molecular formula is C20H27FIN3O2. The van der Waals surface area contributed by atoms with Gasteiger partial charge < -0.3 is 20.1 Å². The molecule has 0 aliphatic carbocycles. The SMILES string of the molecule is CN=C(NCc1ccc(COC)cc1)NCC(C)Oc1ccccc1F.I. The van der Waals surface area contributed by atoms with E-state index in [9.17, 15) is 4.39 Å². The van der Waals surface area contributed by atoms with Gasteiger partial charge in [0.2, 0.25) is 0 Å². The number of para-hydroxylation sites is 1. The molecule has 0 aromatic heterocycles. The van der Waals surface area contributed by atoms with E-state index in [2.05, 4.69) is 27.8 Å². The monoisotopic (exact) mass is 487 g/mol. The van der Waals surface area contributed by atoms with Crippen molar-refractivity contribution in [1.29, 1.82) is 0 Å². The third-order valence-corrected chi connectivity index (χ3v) is 3.74. The number of ether oxygens (including phenoxy) is 2. The first kappa shape index (κ1) is 23.2. The number of methoxy groups -OCH3 is 1. The minimum absolute atomic E-state index is 0. The molecule has 1 unspecified atom stereocenters. The van der Waals surface area contributed by atoms with Gasteiger partial charge in [-0.15, -0.1) is 24.0 Å². The Balaban J connectivity index is 0.00000364. The summed E-state index contributed by atoms with van der Waals surface area (Å²) < 4.78 is 24.3. The number of nitrogens with zero attached hydrogens (tertiary/aromatic N) is 1. The van der Waals surface area contributed by atoms with Crippen LogP contribution in [0.2, 0.25) is 0 Å². The average Bonchev–Trinajstić information content (AvgIpc) is 2.65. The molecule has 0 aliphatic rings. The molecule has 2 aromatic carbocycles. The third kappa shape index (κ3) is 8.13. The third-order valence-electron chi connectivity index (χ3n) is 3.74. The van der Waals surface area contributed by atoms with E-state index in [4.69, 9.17) is 9.47 Å². The fourth-order valence-corrected chi connectivity index (χ4v) is 2.37. The van der Waals surface area contributed by atoms with Crippen LogP contribution in [0, 0.1) is 5.82 Å². The molecule has 2 aromatic rings. The van der Waals surface area contributed by atoms with E-state index >= 15 is 0 Å². The minimum atomic E-state index is -0.362. The normalized spacial score (nSPS) is 12.1. The van der Waals surface area contributed by atoms with Crippen LogP contribution in [0.4, 0.5) is 4.39 Å². The largest absolute Gasteiger partial charge is 0.486 e. The van der Waals surface area contributed by atoms with E-state index in [1.54, 1.807) is 32.4 Å². The van der Waals surface area contributed by atoms with Gasteiger partial charge in [-0.2, -0.15) is 0 Å². The van der Waals surface area contributed by atoms with Gasteiger partial charge in [0.1, 0.15) is 6.10 Å². The Morgan fingerprint density at radius 3 is 2.37 bits per heavy atom. The van der Waals surface area contributed by atoms with Crippen molar-refractivity contribution in [3.05, 3.63) is 65.5 Å². The highest BCUT2D eigenvalue weighted by molar-refractivity contribution is 14.0. The minimum Gasteiger partial charge on any atom is -0.486 e. The zero-order valence-corrected chi connectivity index (χ0v) is 18.2. The number of nitrogens with one attached hydrogen (secondary N) is 2. The summed E-state index contributed by atoms with van der Waals surface area (Å²) in [5.74, 6) is 0.551. The lowest BCUT2D eigenvalue weighted by Crippen LogP contribution is -2.41. The smallest absolute Gasteiger partial charge is 0.191 e. The number of rotatable bonds is 8. The molecule has 0 saturated heterocycles. The predicted molar refractivity (Wildman–Crippen MR) is 117 cm³/mol. The highest BCUT2D eigenvalue weighted by atomic mass is 127. The standard InChI is InChI=1S/C20H26FN3O2.HI/c1-15(26-19-7-5-4-6-18(19)21)12-23-20(22-2)24-13-16-8-10-17(11-9-16)14-25-3;/h4-11,15H,12-14H2,1-3H3,(H2,22,23,24);1H. The topological polar surface area (TPSA) is 54.9 Å². The second-order valence-corrected chi connectivity index (χ2v) is 5.92. The molecule has 0 bridgehead atoms. The molecule has 148 valence electrons. The van der Waals surface area contributed by atoms with Crippen molar-refractivity contribution in [2.45, 2.75) is 26.2 Å². The molecule has 0 radical (unpaired) electrons. The maximum atomic E-state index is 13.6. The van der Waals surface area contributed by atoms with Gasteiger partial charge in [-0.25, -0.2) is 4.39 Å². The Morgan fingerprint density at radius 1 is 1.07 bits per heavy atom. The Labute approximate surface area is 177 Å². The van der Waals surface area contributed by atoms with Crippen LogP contribution in [-0.4, -0.2) is 32.8 Å². The van der Waals surface area contributed by atoms with E-state index in [1.807, 2.05) is 19.1 Å². The van der Waals surface area contributed by atoms with Crippen molar-refractivity contribution >= 4 is 29.9 Å². The van der Waals surface area contributed by atoms with Crippen molar-refractivity contribution in [1.82, 2.24) is 10.6 Å². The van der Waals surface area contributed by atoms with Crippen LogP contribution in [0.15, 0.2) is 53.5 Å². The van der Waals surface area contributed by atoms with E-state index in [0.717, 1.165) is 11.1 Å². The lowest BCUT2D eigenvalue weighted by Gasteiger charge is -2.18. The zero-order valence-electron chi connectivity index (χ0n) is 15.9. The summed E-state index contributed by atoms with van der Waals surface area (Å²) in [6.07, 6.45) is -0.209. The van der Waals surface area contributed by atoms with Gasteiger partial charge in [-0.3, -0.25) is 4.99 Å². The summed E-state index contributed by atoms with van der Waals surface area (Å²) in [6, 6.07) is 14.6. The van der Waals surface area contributed by atoms with Crippen LogP contribution in [0.3, 0.4) is 0 Å². The molecule has 5 nitrogen and oxygen atoms in total. The molecule has 0 amide bonds. The molecule has 7 heteroatoms. The van der Waals surface area contributed by atoms with E-state index in [0.29, 0.717) is 25.7 Å². The molecule has 0 spiro atoms. The summed E-state index contributed by atoms with van der Waals surface area (Å²) in [4.78, 5) is 4.19. The van der Waals surface area contributed by atoms with E-state index in [-0.39, 0.29) is 41.6 Å². The quantitative estimate of drug-likeness (QED) is 0.339. The molecule has 0 aliphatic heterocycles. The summed E-state index contributed by atoms with van der Waals surface area (Å²) in [5, 5.41) is 6.43. The van der Waals surface area contributed by atoms with E-state index in [1.165, 1.54) is 6.07 Å².